The number of hydrogen-bond donors (Lipinski definition) is 0. The second kappa shape index (κ2) is 13.6. The van der Waals surface area contributed by atoms with E-state index in [1.165, 1.54) is 25.7 Å². The molecule has 0 aliphatic carbocycles. The zero-order valence-corrected chi connectivity index (χ0v) is 16.4. The van der Waals surface area contributed by atoms with Gasteiger partial charge in [-0.1, -0.05) is 56.2 Å². The van der Waals surface area contributed by atoms with Crippen LogP contribution >= 0.6 is 22.6 Å². The van der Waals surface area contributed by atoms with E-state index < -0.39 is 0 Å². The SMILES string of the molecule is CCCCC/C=C\C/C=C\C/C=C\C/C(I)=C1\CCCC(=O)O1. The minimum absolute atomic E-state index is 0.0879. The smallest absolute Gasteiger partial charge is 0.310 e. The third-order valence-corrected chi connectivity index (χ3v) is 4.68. The molecule has 0 saturated carbocycles. The Hall–Kier alpha value is -0.840. The van der Waals surface area contributed by atoms with Crippen LogP contribution in [0.25, 0.3) is 0 Å². The van der Waals surface area contributed by atoms with Gasteiger partial charge in [-0.3, -0.25) is 4.79 Å². The molecule has 128 valence electrons. The molecule has 0 aromatic rings. The molecule has 3 heteroatoms. The number of hydrogen-bond acceptors (Lipinski definition) is 2. The molecular weight excluding hydrogens is 399 g/mol. The maximum Gasteiger partial charge on any atom is 0.310 e. The van der Waals surface area contributed by atoms with E-state index in [0.29, 0.717) is 6.42 Å². The summed E-state index contributed by atoms with van der Waals surface area (Å²) in [5.74, 6) is 0.783. The lowest BCUT2D eigenvalue weighted by molar-refractivity contribution is -0.141. The van der Waals surface area contributed by atoms with E-state index in [9.17, 15) is 4.79 Å². The Morgan fingerprint density at radius 3 is 2.43 bits per heavy atom. The standard InChI is InChI=1S/C20H29IO2/c1-2-3-4-5-6-7-8-9-10-11-12-13-15-18(21)19-16-14-17-20(22)23-19/h6-7,9-10,12-13H,2-5,8,11,14-17H2,1H3/b7-6-,10-9-,13-12-,19-18-. The Kier molecular flexibility index (Phi) is 11.9. The second-order valence-corrected chi connectivity index (χ2v) is 7.04. The number of rotatable bonds is 10. The normalized spacial score (nSPS) is 18.3. The lowest BCUT2D eigenvalue weighted by Crippen LogP contribution is -2.11. The molecule has 0 aromatic heterocycles. The summed E-state index contributed by atoms with van der Waals surface area (Å²) < 4.78 is 6.43. The molecule has 1 rings (SSSR count). The molecule has 0 spiro atoms. The van der Waals surface area contributed by atoms with Crippen molar-refractivity contribution in [2.75, 3.05) is 0 Å². The van der Waals surface area contributed by atoms with E-state index in [1.54, 1.807) is 0 Å². The van der Waals surface area contributed by atoms with Crippen LogP contribution in [0.1, 0.15) is 71.1 Å². The molecule has 1 heterocycles. The summed E-state index contributed by atoms with van der Waals surface area (Å²) in [6, 6.07) is 0. The lowest BCUT2D eigenvalue weighted by Gasteiger charge is -2.15. The summed E-state index contributed by atoms with van der Waals surface area (Å²) in [6.07, 6.45) is 23.6. The van der Waals surface area contributed by atoms with E-state index in [4.69, 9.17) is 4.74 Å². The first-order chi connectivity index (χ1) is 11.2. The Balaban J connectivity index is 2.13. The predicted octanol–water partition coefficient (Wildman–Crippen LogP) is 6.78. The number of unbranched alkanes of at least 4 members (excludes halogenated alkanes) is 3. The average Bonchev–Trinajstić information content (AvgIpc) is 2.55. The van der Waals surface area contributed by atoms with Gasteiger partial charge in [0.25, 0.3) is 0 Å². The van der Waals surface area contributed by atoms with E-state index in [1.807, 2.05) is 0 Å². The van der Waals surface area contributed by atoms with Gasteiger partial charge in [0.05, 0.1) is 0 Å². The number of esters is 1. The summed E-state index contributed by atoms with van der Waals surface area (Å²) in [5, 5.41) is 0. The molecule has 1 fully saturated rings. The van der Waals surface area contributed by atoms with Crippen LogP contribution in [0.2, 0.25) is 0 Å². The van der Waals surface area contributed by atoms with Crippen molar-refractivity contribution >= 4 is 28.6 Å². The highest BCUT2D eigenvalue weighted by molar-refractivity contribution is 14.1. The predicted molar refractivity (Wildman–Crippen MR) is 106 cm³/mol. The van der Waals surface area contributed by atoms with Crippen molar-refractivity contribution in [2.45, 2.75) is 71.1 Å². The maximum atomic E-state index is 11.3. The van der Waals surface area contributed by atoms with Gasteiger partial charge in [0.1, 0.15) is 5.76 Å². The highest BCUT2D eigenvalue weighted by Gasteiger charge is 2.16. The first-order valence-electron chi connectivity index (χ1n) is 8.77. The number of allylic oxidation sites excluding steroid dienone is 8. The van der Waals surface area contributed by atoms with Crippen LogP contribution in [0, 0.1) is 0 Å². The van der Waals surface area contributed by atoms with Crippen LogP contribution in [0.5, 0.6) is 0 Å². The minimum atomic E-state index is -0.0879. The van der Waals surface area contributed by atoms with Gasteiger partial charge in [-0.25, -0.2) is 0 Å². The first kappa shape index (κ1) is 20.2. The number of cyclic esters (lactones) is 1. The highest BCUT2D eigenvalue weighted by Crippen LogP contribution is 2.26. The Morgan fingerprint density at radius 1 is 1.04 bits per heavy atom. The molecule has 1 aliphatic rings. The highest BCUT2D eigenvalue weighted by atomic mass is 127. The van der Waals surface area contributed by atoms with Gasteiger partial charge in [0.2, 0.25) is 0 Å². The average molecular weight is 428 g/mol. The van der Waals surface area contributed by atoms with E-state index >= 15 is 0 Å². The van der Waals surface area contributed by atoms with Gasteiger partial charge in [0, 0.05) is 16.4 Å². The summed E-state index contributed by atoms with van der Waals surface area (Å²) in [6.45, 7) is 2.24. The van der Waals surface area contributed by atoms with E-state index in [0.717, 1.165) is 41.4 Å². The third kappa shape index (κ3) is 10.5. The summed E-state index contributed by atoms with van der Waals surface area (Å²) in [5.41, 5.74) is 0. The number of carbonyl (C=O) groups is 1. The van der Waals surface area contributed by atoms with Gasteiger partial charge in [-0.15, -0.1) is 0 Å². The zero-order valence-electron chi connectivity index (χ0n) is 14.2. The van der Waals surface area contributed by atoms with Crippen LogP contribution < -0.4 is 0 Å². The summed E-state index contributed by atoms with van der Waals surface area (Å²) in [4.78, 5) is 11.3. The quantitative estimate of drug-likeness (QED) is 0.166. The summed E-state index contributed by atoms with van der Waals surface area (Å²) in [7, 11) is 0. The molecule has 1 aliphatic heterocycles. The van der Waals surface area contributed by atoms with Crippen molar-refractivity contribution < 1.29 is 9.53 Å². The van der Waals surface area contributed by atoms with Crippen molar-refractivity contribution in [3.05, 3.63) is 45.8 Å². The molecular formula is C20H29IO2. The zero-order chi connectivity index (χ0) is 16.8. The fraction of sp³-hybridized carbons (Fsp3) is 0.550. The largest absolute Gasteiger partial charge is 0.430 e. The van der Waals surface area contributed by atoms with E-state index in [2.05, 4.69) is 66.0 Å². The molecule has 0 amide bonds. The molecule has 0 bridgehead atoms. The Bertz CT molecular complexity index is 458. The molecule has 0 radical (unpaired) electrons. The van der Waals surface area contributed by atoms with Gasteiger partial charge in [-0.05, 0) is 61.1 Å². The van der Waals surface area contributed by atoms with Crippen molar-refractivity contribution in [1.82, 2.24) is 0 Å². The van der Waals surface area contributed by atoms with E-state index in [-0.39, 0.29) is 5.97 Å². The molecule has 0 N–H and O–H groups in total. The molecule has 0 aromatic carbocycles. The van der Waals surface area contributed by atoms with Gasteiger partial charge in [0.15, 0.2) is 0 Å². The van der Waals surface area contributed by atoms with Crippen molar-refractivity contribution in [3.8, 4) is 0 Å². The second-order valence-electron chi connectivity index (χ2n) is 5.74. The maximum absolute atomic E-state index is 11.3. The van der Waals surface area contributed by atoms with Crippen LogP contribution in [-0.2, 0) is 9.53 Å². The molecule has 0 atom stereocenters. The Labute approximate surface area is 154 Å². The first-order valence-corrected chi connectivity index (χ1v) is 9.85. The minimum Gasteiger partial charge on any atom is -0.430 e. The van der Waals surface area contributed by atoms with Gasteiger partial charge >= 0.3 is 5.97 Å². The third-order valence-electron chi connectivity index (χ3n) is 3.64. The fourth-order valence-electron chi connectivity index (χ4n) is 2.30. The van der Waals surface area contributed by atoms with Gasteiger partial charge in [-0.2, -0.15) is 0 Å². The summed E-state index contributed by atoms with van der Waals surface area (Å²) >= 11 is 2.29. The van der Waals surface area contributed by atoms with Gasteiger partial charge < -0.3 is 4.74 Å². The monoisotopic (exact) mass is 428 g/mol. The van der Waals surface area contributed by atoms with Crippen molar-refractivity contribution in [3.63, 3.8) is 0 Å². The van der Waals surface area contributed by atoms with Crippen LogP contribution in [-0.4, -0.2) is 5.97 Å². The molecule has 23 heavy (non-hydrogen) atoms. The lowest BCUT2D eigenvalue weighted by atomic mass is 10.1. The number of ether oxygens (including phenoxy) is 1. The van der Waals surface area contributed by atoms with Crippen LogP contribution in [0.15, 0.2) is 45.8 Å². The topological polar surface area (TPSA) is 26.3 Å². The number of halogens is 1. The van der Waals surface area contributed by atoms with Crippen molar-refractivity contribution in [2.24, 2.45) is 0 Å². The molecule has 1 saturated heterocycles. The molecule has 2 nitrogen and oxygen atoms in total. The van der Waals surface area contributed by atoms with Crippen LogP contribution in [0.3, 0.4) is 0 Å². The fourth-order valence-corrected chi connectivity index (χ4v) is 2.93. The number of carbonyl (C=O) groups excluding carboxylic acids is 1. The Morgan fingerprint density at radius 2 is 1.74 bits per heavy atom. The van der Waals surface area contributed by atoms with Crippen LogP contribution in [0.4, 0.5) is 0 Å². The molecule has 0 unspecified atom stereocenters. The van der Waals surface area contributed by atoms with Crippen molar-refractivity contribution in [1.29, 1.82) is 0 Å².